The van der Waals surface area contributed by atoms with Gasteiger partial charge >= 0.3 is 0 Å². The topological polar surface area (TPSA) is 49.6 Å². The zero-order chi connectivity index (χ0) is 14.5. The summed E-state index contributed by atoms with van der Waals surface area (Å²) >= 11 is 5.13. The number of rotatable bonds is 6. The van der Waals surface area contributed by atoms with Crippen molar-refractivity contribution in [1.29, 1.82) is 0 Å². The molecular formula is C15H23N3OS. The first-order chi connectivity index (χ1) is 9.56. The normalized spacial score (nSPS) is 21.4. The summed E-state index contributed by atoms with van der Waals surface area (Å²) in [6.45, 7) is 7.48. The fourth-order valence-corrected chi connectivity index (χ4v) is 2.18. The minimum atomic E-state index is 0.546. The van der Waals surface area contributed by atoms with Crippen LogP contribution in [0.1, 0.15) is 51.1 Å². The second-order valence-electron chi connectivity index (χ2n) is 5.87. The number of hydrogen-bond acceptors (Lipinski definition) is 3. The average molecular weight is 293 g/mol. The molecule has 1 aromatic rings. The fourth-order valence-electron chi connectivity index (χ4n) is 2.02. The zero-order valence-electron chi connectivity index (χ0n) is 12.3. The van der Waals surface area contributed by atoms with Gasteiger partial charge in [0.15, 0.2) is 5.11 Å². The van der Waals surface area contributed by atoms with Crippen LogP contribution in [0.25, 0.3) is 0 Å². The molecule has 2 N–H and O–H groups in total. The quantitative estimate of drug-likeness (QED) is 0.480. The summed E-state index contributed by atoms with van der Waals surface area (Å²) in [6.07, 6.45) is 3.98. The molecule has 0 aliphatic heterocycles. The van der Waals surface area contributed by atoms with E-state index in [1.165, 1.54) is 6.42 Å². The average Bonchev–Trinajstić information content (AvgIpc) is 2.93. The maximum absolute atomic E-state index is 5.72. The zero-order valence-corrected chi connectivity index (χ0v) is 13.2. The van der Waals surface area contributed by atoms with Crippen LogP contribution in [-0.2, 0) is 0 Å². The summed E-state index contributed by atoms with van der Waals surface area (Å²) in [6, 6.07) is 3.98. The molecule has 110 valence electrons. The molecule has 1 aliphatic rings. The molecule has 1 fully saturated rings. The van der Waals surface area contributed by atoms with Gasteiger partial charge in [0.1, 0.15) is 11.5 Å². The lowest BCUT2D eigenvalue weighted by atomic mass is 10.1. The van der Waals surface area contributed by atoms with E-state index in [1.807, 2.05) is 12.1 Å². The molecule has 0 unspecified atom stereocenters. The summed E-state index contributed by atoms with van der Waals surface area (Å²) in [5, 5.41) is 7.74. The molecule has 2 rings (SSSR count). The molecule has 0 spiro atoms. The Morgan fingerprint density at radius 1 is 1.55 bits per heavy atom. The van der Waals surface area contributed by atoms with Crippen molar-refractivity contribution >= 4 is 23.5 Å². The number of nitrogens with one attached hydrogen (secondary N) is 2. The maximum atomic E-state index is 5.72. The molecule has 20 heavy (non-hydrogen) atoms. The minimum Gasteiger partial charge on any atom is -0.460 e. The van der Waals surface area contributed by atoms with E-state index in [1.54, 1.807) is 6.21 Å². The molecule has 5 heteroatoms. The van der Waals surface area contributed by atoms with Gasteiger partial charge in [-0.25, -0.2) is 0 Å². The summed E-state index contributed by atoms with van der Waals surface area (Å²) in [5.41, 5.74) is 2.80. The monoisotopic (exact) mass is 293 g/mol. The van der Waals surface area contributed by atoms with Crippen molar-refractivity contribution in [3.8, 4) is 0 Å². The molecular weight excluding hydrogens is 270 g/mol. The second-order valence-corrected chi connectivity index (χ2v) is 6.28. The minimum absolute atomic E-state index is 0.546. The van der Waals surface area contributed by atoms with Gasteiger partial charge < -0.3 is 9.73 Å². The Kier molecular flexibility index (Phi) is 5.17. The summed E-state index contributed by atoms with van der Waals surface area (Å²) in [5.74, 6) is 3.85. The van der Waals surface area contributed by atoms with E-state index in [-0.39, 0.29) is 0 Å². The highest BCUT2D eigenvalue weighted by atomic mass is 32.1. The molecule has 4 nitrogen and oxygen atoms in total. The van der Waals surface area contributed by atoms with Crippen molar-refractivity contribution in [2.75, 3.05) is 6.54 Å². The van der Waals surface area contributed by atoms with Crippen LogP contribution >= 0.6 is 12.2 Å². The lowest BCUT2D eigenvalue weighted by Gasteiger charge is -2.08. The van der Waals surface area contributed by atoms with Gasteiger partial charge in [-0.05, 0) is 49.0 Å². The highest BCUT2D eigenvalue weighted by Crippen LogP contribution is 2.47. The first-order valence-electron chi connectivity index (χ1n) is 7.23. The largest absolute Gasteiger partial charge is 0.460 e. The van der Waals surface area contributed by atoms with Crippen LogP contribution in [0.4, 0.5) is 0 Å². The molecule has 0 aromatic carbocycles. The molecule has 1 aromatic heterocycles. The van der Waals surface area contributed by atoms with Crippen molar-refractivity contribution in [3.05, 3.63) is 23.7 Å². The van der Waals surface area contributed by atoms with E-state index in [9.17, 15) is 0 Å². The Morgan fingerprint density at radius 2 is 2.30 bits per heavy atom. The van der Waals surface area contributed by atoms with Crippen molar-refractivity contribution in [2.45, 2.75) is 39.5 Å². The fraction of sp³-hybridized carbons (Fsp3) is 0.600. The van der Waals surface area contributed by atoms with Crippen LogP contribution in [0.3, 0.4) is 0 Å². The van der Waals surface area contributed by atoms with Crippen LogP contribution in [-0.4, -0.2) is 17.9 Å². The SMILES string of the molecule is CC(C)CCNC(=S)N/N=C\c1ccc([C@@H]2C[C@H]2C)o1. The lowest BCUT2D eigenvalue weighted by molar-refractivity contribution is 0.500. The second kappa shape index (κ2) is 6.88. The lowest BCUT2D eigenvalue weighted by Crippen LogP contribution is -2.33. The number of hydrogen-bond donors (Lipinski definition) is 2. The Labute approximate surface area is 126 Å². The van der Waals surface area contributed by atoms with E-state index in [0.29, 0.717) is 16.9 Å². The molecule has 0 amide bonds. The van der Waals surface area contributed by atoms with Gasteiger partial charge in [0.05, 0.1) is 6.21 Å². The van der Waals surface area contributed by atoms with Gasteiger partial charge in [-0.2, -0.15) is 5.10 Å². The predicted molar refractivity (Wildman–Crippen MR) is 86.0 cm³/mol. The van der Waals surface area contributed by atoms with E-state index in [2.05, 4.69) is 36.6 Å². The van der Waals surface area contributed by atoms with E-state index in [4.69, 9.17) is 16.6 Å². The van der Waals surface area contributed by atoms with Crippen LogP contribution in [0.15, 0.2) is 21.7 Å². The predicted octanol–water partition coefficient (Wildman–Crippen LogP) is 3.25. The molecule has 1 saturated carbocycles. The van der Waals surface area contributed by atoms with E-state index in [0.717, 1.165) is 30.4 Å². The smallest absolute Gasteiger partial charge is 0.186 e. The van der Waals surface area contributed by atoms with Crippen LogP contribution in [0.2, 0.25) is 0 Å². The Bertz CT molecular complexity index is 481. The van der Waals surface area contributed by atoms with Crippen molar-refractivity contribution in [2.24, 2.45) is 16.9 Å². The standard InChI is InChI=1S/C15H23N3OS/c1-10(2)6-7-16-15(20)18-17-9-12-4-5-14(19-12)13-8-11(13)3/h4-5,9-11,13H,6-8H2,1-3H3,(H2,16,18,20)/b17-9-/t11-,13-/m1/s1. The number of furan rings is 1. The van der Waals surface area contributed by atoms with E-state index >= 15 is 0 Å². The molecule has 0 saturated heterocycles. The highest BCUT2D eigenvalue weighted by molar-refractivity contribution is 7.80. The molecule has 1 aliphatic carbocycles. The van der Waals surface area contributed by atoms with Crippen molar-refractivity contribution in [1.82, 2.24) is 10.7 Å². The molecule has 1 heterocycles. The van der Waals surface area contributed by atoms with E-state index < -0.39 is 0 Å². The van der Waals surface area contributed by atoms with Crippen LogP contribution in [0, 0.1) is 11.8 Å². The van der Waals surface area contributed by atoms with Gasteiger partial charge in [0, 0.05) is 12.5 Å². The number of hydrazone groups is 1. The number of nitrogens with zero attached hydrogens (tertiary/aromatic N) is 1. The number of thiocarbonyl (C=S) groups is 1. The van der Waals surface area contributed by atoms with Gasteiger partial charge in [-0.15, -0.1) is 0 Å². The Hall–Kier alpha value is -1.36. The first-order valence-corrected chi connectivity index (χ1v) is 7.63. The van der Waals surface area contributed by atoms with Crippen LogP contribution < -0.4 is 10.7 Å². The van der Waals surface area contributed by atoms with Crippen LogP contribution in [0.5, 0.6) is 0 Å². The Balaban J connectivity index is 1.70. The summed E-state index contributed by atoms with van der Waals surface area (Å²) < 4.78 is 5.72. The Morgan fingerprint density at radius 3 is 2.95 bits per heavy atom. The molecule has 0 bridgehead atoms. The van der Waals surface area contributed by atoms with Crippen molar-refractivity contribution < 1.29 is 4.42 Å². The third-order valence-corrected chi connectivity index (χ3v) is 3.72. The molecule has 0 radical (unpaired) electrons. The highest BCUT2D eigenvalue weighted by Gasteiger charge is 2.36. The maximum Gasteiger partial charge on any atom is 0.186 e. The summed E-state index contributed by atoms with van der Waals surface area (Å²) in [7, 11) is 0. The van der Waals surface area contributed by atoms with Crippen molar-refractivity contribution in [3.63, 3.8) is 0 Å². The third-order valence-electron chi connectivity index (χ3n) is 3.49. The van der Waals surface area contributed by atoms with Gasteiger partial charge in [0.25, 0.3) is 0 Å². The van der Waals surface area contributed by atoms with Gasteiger partial charge in [-0.1, -0.05) is 20.8 Å². The first kappa shape index (κ1) is 15.0. The van der Waals surface area contributed by atoms with Gasteiger partial charge in [-0.3, -0.25) is 5.43 Å². The van der Waals surface area contributed by atoms with Gasteiger partial charge in [0.2, 0.25) is 0 Å². The summed E-state index contributed by atoms with van der Waals surface area (Å²) in [4.78, 5) is 0. The molecule has 2 atom stereocenters. The third kappa shape index (κ3) is 4.63.